The lowest BCUT2D eigenvalue weighted by atomic mass is 9.96. The summed E-state index contributed by atoms with van der Waals surface area (Å²) >= 11 is 0. The molecule has 0 fully saturated rings. The minimum atomic E-state index is -0.297. The lowest BCUT2D eigenvalue weighted by molar-refractivity contribution is 0.101. The van der Waals surface area contributed by atoms with E-state index in [0.29, 0.717) is 5.56 Å². The molecule has 0 aliphatic carbocycles. The molecule has 2 rings (SSSR count). The van der Waals surface area contributed by atoms with Gasteiger partial charge in [-0.1, -0.05) is 23.8 Å². The molecule has 0 heterocycles. The fraction of sp³-hybridized carbons (Fsp3) is 0.350. The van der Waals surface area contributed by atoms with Crippen LogP contribution >= 0.6 is 0 Å². The van der Waals surface area contributed by atoms with Gasteiger partial charge in [0.1, 0.15) is 11.4 Å². The van der Waals surface area contributed by atoms with E-state index in [1.165, 1.54) is 11.1 Å². The number of ether oxygens (including phenoxy) is 1. The first-order valence-electron chi connectivity index (χ1n) is 7.58. The van der Waals surface area contributed by atoms with Gasteiger partial charge < -0.3 is 4.74 Å². The molecule has 22 heavy (non-hydrogen) atoms. The second kappa shape index (κ2) is 5.96. The molecule has 116 valence electrons. The van der Waals surface area contributed by atoms with Crippen molar-refractivity contribution in [3.63, 3.8) is 0 Å². The van der Waals surface area contributed by atoms with Crippen molar-refractivity contribution in [3.05, 3.63) is 53.1 Å². The Labute approximate surface area is 133 Å². The normalized spacial score (nSPS) is 11.4. The highest BCUT2D eigenvalue weighted by molar-refractivity contribution is 5.96. The van der Waals surface area contributed by atoms with E-state index in [2.05, 4.69) is 32.0 Å². The number of rotatable bonds is 3. The predicted molar refractivity (Wildman–Crippen MR) is 91.7 cm³/mol. The van der Waals surface area contributed by atoms with E-state index < -0.39 is 0 Å². The lowest BCUT2D eigenvalue weighted by Gasteiger charge is -2.22. The highest BCUT2D eigenvalue weighted by Gasteiger charge is 2.15. The highest BCUT2D eigenvalue weighted by Crippen LogP contribution is 2.30. The van der Waals surface area contributed by atoms with Crippen molar-refractivity contribution in [2.45, 2.75) is 47.1 Å². The van der Waals surface area contributed by atoms with E-state index in [9.17, 15) is 4.79 Å². The second-order valence-corrected chi connectivity index (χ2v) is 6.84. The quantitative estimate of drug-likeness (QED) is 0.714. The van der Waals surface area contributed by atoms with Crippen LogP contribution in [0.4, 0.5) is 0 Å². The van der Waals surface area contributed by atoms with Crippen molar-refractivity contribution in [2.75, 3.05) is 0 Å². The van der Waals surface area contributed by atoms with Crippen LogP contribution in [-0.2, 0) is 0 Å². The summed E-state index contributed by atoms with van der Waals surface area (Å²) in [6.45, 7) is 11.8. The number of carbonyl (C=O) groups excluding carboxylic acids is 1. The van der Waals surface area contributed by atoms with Crippen LogP contribution in [0.1, 0.15) is 49.2 Å². The molecule has 0 bridgehead atoms. The predicted octanol–water partition coefficient (Wildman–Crippen LogP) is 5.35. The zero-order valence-electron chi connectivity index (χ0n) is 14.3. The topological polar surface area (TPSA) is 26.3 Å². The van der Waals surface area contributed by atoms with Gasteiger partial charge in [0.25, 0.3) is 0 Å². The molecular weight excluding hydrogens is 272 g/mol. The molecule has 0 radical (unpaired) electrons. The summed E-state index contributed by atoms with van der Waals surface area (Å²) in [5.74, 6) is 0.778. The molecule has 0 aliphatic rings. The summed E-state index contributed by atoms with van der Waals surface area (Å²) < 4.78 is 5.97. The molecule has 0 unspecified atom stereocenters. The van der Waals surface area contributed by atoms with Crippen molar-refractivity contribution in [2.24, 2.45) is 0 Å². The fourth-order valence-corrected chi connectivity index (χ4v) is 2.51. The molecule has 0 atom stereocenters. The maximum Gasteiger partial charge on any atom is 0.159 e. The molecule has 0 N–H and O–H groups in total. The van der Waals surface area contributed by atoms with Gasteiger partial charge in [-0.05, 0) is 76.4 Å². The first-order chi connectivity index (χ1) is 10.2. The third-order valence-electron chi connectivity index (χ3n) is 3.43. The van der Waals surface area contributed by atoms with E-state index in [1.807, 2.05) is 39.0 Å². The minimum Gasteiger partial charge on any atom is -0.488 e. The van der Waals surface area contributed by atoms with Gasteiger partial charge in [0.2, 0.25) is 0 Å². The maximum absolute atomic E-state index is 11.8. The van der Waals surface area contributed by atoms with Gasteiger partial charge in [-0.2, -0.15) is 0 Å². The summed E-state index contributed by atoms with van der Waals surface area (Å²) in [4.78, 5) is 11.8. The lowest BCUT2D eigenvalue weighted by Crippen LogP contribution is -2.23. The smallest absolute Gasteiger partial charge is 0.159 e. The molecule has 2 heteroatoms. The van der Waals surface area contributed by atoms with E-state index >= 15 is 0 Å². The Bertz CT molecular complexity index is 706. The Morgan fingerprint density at radius 1 is 1.00 bits per heavy atom. The molecule has 2 nitrogen and oxygen atoms in total. The molecule has 2 aromatic rings. The third-order valence-corrected chi connectivity index (χ3v) is 3.43. The summed E-state index contributed by atoms with van der Waals surface area (Å²) in [7, 11) is 0. The average Bonchev–Trinajstić information content (AvgIpc) is 2.36. The SMILES string of the molecule is CC(=O)c1cc(OC(C)(C)C)cc(-c2ccc(C)cc2C)c1. The number of aryl methyl sites for hydroxylation is 2. The van der Waals surface area contributed by atoms with Crippen LogP contribution in [0, 0.1) is 13.8 Å². The van der Waals surface area contributed by atoms with Gasteiger partial charge in [-0.3, -0.25) is 4.79 Å². The second-order valence-electron chi connectivity index (χ2n) is 6.84. The number of benzene rings is 2. The Kier molecular flexibility index (Phi) is 4.41. The van der Waals surface area contributed by atoms with Crippen molar-refractivity contribution >= 4 is 5.78 Å². The molecular formula is C20H24O2. The molecule has 0 aromatic heterocycles. The average molecular weight is 296 g/mol. The first kappa shape index (κ1) is 16.3. The number of carbonyl (C=O) groups is 1. The standard InChI is InChI=1S/C20H24O2/c1-13-7-8-19(14(2)9-13)17-10-16(15(3)21)11-18(12-17)22-20(4,5)6/h7-12H,1-6H3. The number of ketones is 1. The van der Waals surface area contributed by atoms with E-state index in [4.69, 9.17) is 4.74 Å². The van der Waals surface area contributed by atoms with Crippen molar-refractivity contribution in [1.29, 1.82) is 0 Å². The summed E-state index contributed by atoms with van der Waals surface area (Å²) in [6.07, 6.45) is 0. The van der Waals surface area contributed by atoms with E-state index in [1.54, 1.807) is 6.92 Å². The highest BCUT2D eigenvalue weighted by atomic mass is 16.5. The number of hydrogen-bond acceptors (Lipinski definition) is 2. The Morgan fingerprint density at radius 2 is 1.68 bits per heavy atom. The Hall–Kier alpha value is -2.09. The van der Waals surface area contributed by atoms with E-state index in [-0.39, 0.29) is 11.4 Å². The van der Waals surface area contributed by atoms with Gasteiger partial charge in [0, 0.05) is 5.56 Å². The van der Waals surface area contributed by atoms with Crippen molar-refractivity contribution in [1.82, 2.24) is 0 Å². The fourth-order valence-electron chi connectivity index (χ4n) is 2.51. The summed E-state index contributed by atoms with van der Waals surface area (Å²) in [6, 6.07) is 12.1. The summed E-state index contributed by atoms with van der Waals surface area (Å²) in [5.41, 5.74) is 4.96. The minimum absolute atomic E-state index is 0.0466. The van der Waals surface area contributed by atoms with Crippen LogP contribution in [0.2, 0.25) is 0 Å². The molecule has 0 amide bonds. The van der Waals surface area contributed by atoms with Crippen molar-refractivity contribution < 1.29 is 9.53 Å². The number of Topliss-reactive ketones (excluding diaryl/α,β-unsaturated/α-hetero) is 1. The van der Waals surface area contributed by atoms with E-state index in [0.717, 1.165) is 16.9 Å². The molecule has 0 saturated carbocycles. The molecule has 0 spiro atoms. The van der Waals surface area contributed by atoms with Crippen LogP contribution in [0.5, 0.6) is 5.75 Å². The molecule has 2 aromatic carbocycles. The Balaban J connectivity index is 2.57. The molecule has 0 aliphatic heterocycles. The van der Waals surface area contributed by atoms with Gasteiger partial charge in [-0.15, -0.1) is 0 Å². The van der Waals surface area contributed by atoms with Crippen molar-refractivity contribution in [3.8, 4) is 16.9 Å². The monoisotopic (exact) mass is 296 g/mol. The number of hydrogen-bond donors (Lipinski definition) is 0. The third kappa shape index (κ3) is 3.97. The largest absolute Gasteiger partial charge is 0.488 e. The van der Waals surface area contributed by atoms with Crippen LogP contribution in [-0.4, -0.2) is 11.4 Å². The Morgan fingerprint density at radius 3 is 2.23 bits per heavy atom. The van der Waals surface area contributed by atoms with Crippen LogP contribution in [0.3, 0.4) is 0 Å². The van der Waals surface area contributed by atoms with Gasteiger partial charge in [0.05, 0.1) is 0 Å². The first-order valence-corrected chi connectivity index (χ1v) is 7.58. The van der Waals surface area contributed by atoms with Gasteiger partial charge >= 0.3 is 0 Å². The van der Waals surface area contributed by atoms with Gasteiger partial charge in [0.15, 0.2) is 5.78 Å². The maximum atomic E-state index is 11.8. The van der Waals surface area contributed by atoms with Crippen LogP contribution in [0.25, 0.3) is 11.1 Å². The van der Waals surface area contributed by atoms with Crippen LogP contribution < -0.4 is 4.74 Å². The zero-order valence-corrected chi connectivity index (χ0v) is 14.3. The molecule has 0 saturated heterocycles. The van der Waals surface area contributed by atoms with Gasteiger partial charge in [-0.25, -0.2) is 0 Å². The zero-order chi connectivity index (χ0) is 16.5. The summed E-state index contributed by atoms with van der Waals surface area (Å²) in [5, 5.41) is 0. The van der Waals surface area contributed by atoms with Crippen LogP contribution in [0.15, 0.2) is 36.4 Å².